The van der Waals surface area contributed by atoms with Crippen LogP contribution in [0.15, 0.2) is 78.2 Å². The normalized spacial score (nSPS) is 12.6. The van der Waals surface area contributed by atoms with Crippen LogP contribution >= 0.6 is 0 Å². The summed E-state index contributed by atoms with van der Waals surface area (Å²) in [6.45, 7) is 0.556. The highest BCUT2D eigenvalue weighted by Gasteiger charge is 2.22. The van der Waals surface area contributed by atoms with Gasteiger partial charge in [0, 0.05) is 36.9 Å². The van der Waals surface area contributed by atoms with Gasteiger partial charge in [0.25, 0.3) is 10.0 Å². The van der Waals surface area contributed by atoms with Crippen LogP contribution in [0, 0.1) is 23.5 Å². The first-order valence-electron chi connectivity index (χ1n) is 10.3. The molecule has 5 rings (SSSR count). The van der Waals surface area contributed by atoms with Gasteiger partial charge in [-0.15, -0.1) is 0 Å². The largest absolute Gasteiger partial charge is 0.277 e. The van der Waals surface area contributed by atoms with E-state index in [4.69, 9.17) is 0 Å². The number of anilines is 3. The minimum atomic E-state index is -4.12. The van der Waals surface area contributed by atoms with Crippen molar-refractivity contribution in [2.45, 2.75) is 11.4 Å². The number of nitrogens with zero attached hydrogens (tertiary/aromatic N) is 4. The molecule has 3 aromatic heterocycles. The molecule has 4 heterocycles. The van der Waals surface area contributed by atoms with E-state index in [9.17, 15) is 12.8 Å². The Morgan fingerprint density at radius 1 is 0.971 bits per heavy atom. The van der Waals surface area contributed by atoms with E-state index in [-0.39, 0.29) is 10.6 Å². The molecule has 0 bridgehead atoms. The zero-order chi connectivity index (χ0) is 24.4. The van der Waals surface area contributed by atoms with Crippen LogP contribution in [-0.4, -0.2) is 23.4 Å². The minimum Gasteiger partial charge on any atom is -0.277 e. The number of hydrazine groups is 1. The Hall–Kier alpha value is -4.40. The monoisotopic (exact) mass is 490 g/mol. The number of rotatable bonds is 4. The molecule has 0 atom stereocenters. The van der Waals surface area contributed by atoms with E-state index < -0.39 is 32.9 Å². The van der Waals surface area contributed by atoms with Crippen LogP contribution in [0.5, 0.6) is 0 Å². The topological polar surface area (TPSA) is 100 Å². The molecule has 4 aromatic rings. The summed E-state index contributed by atoms with van der Waals surface area (Å²) < 4.78 is 56.6. The summed E-state index contributed by atoms with van der Waals surface area (Å²) in [4.78, 5) is 12.1. The van der Waals surface area contributed by atoms with Crippen LogP contribution in [-0.2, 0) is 16.6 Å². The van der Waals surface area contributed by atoms with Crippen LogP contribution in [0.25, 0.3) is 0 Å². The molecule has 0 amide bonds. The van der Waals surface area contributed by atoms with Gasteiger partial charge in [0.15, 0.2) is 11.6 Å². The second-order valence-corrected chi connectivity index (χ2v) is 9.07. The predicted molar refractivity (Wildman–Crippen MR) is 125 cm³/mol. The van der Waals surface area contributed by atoms with Crippen molar-refractivity contribution in [2.75, 3.05) is 9.73 Å². The van der Waals surface area contributed by atoms with Crippen LogP contribution in [0.4, 0.5) is 26.0 Å². The quantitative estimate of drug-likeness (QED) is 0.423. The summed E-state index contributed by atoms with van der Waals surface area (Å²) >= 11 is 0. The number of hydrogen-bond donors (Lipinski definition) is 2. The van der Waals surface area contributed by atoms with Gasteiger partial charge in [-0.2, -0.15) is 0 Å². The van der Waals surface area contributed by atoms with Crippen molar-refractivity contribution in [3.05, 3.63) is 102 Å². The third-order valence-corrected chi connectivity index (χ3v) is 6.46. The average molecular weight is 490 g/mol. The van der Waals surface area contributed by atoms with Crippen molar-refractivity contribution in [1.82, 2.24) is 20.4 Å². The van der Waals surface area contributed by atoms with Gasteiger partial charge in [-0.05, 0) is 48.4 Å². The van der Waals surface area contributed by atoms with Crippen molar-refractivity contribution < 1.29 is 17.2 Å². The van der Waals surface area contributed by atoms with E-state index in [1.54, 1.807) is 23.5 Å². The van der Waals surface area contributed by atoms with Gasteiger partial charge in [0.05, 0.1) is 16.9 Å². The molecule has 1 aromatic carbocycles. The van der Waals surface area contributed by atoms with E-state index in [0.29, 0.717) is 12.4 Å². The number of benzene rings is 1. The molecule has 0 unspecified atom stereocenters. The predicted octanol–water partition coefficient (Wildman–Crippen LogP) is 3.51. The van der Waals surface area contributed by atoms with E-state index in [0.717, 1.165) is 29.6 Å². The highest BCUT2D eigenvalue weighted by Crippen LogP contribution is 2.29. The summed E-state index contributed by atoms with van der Waals surface area (Å²) in [5.74, 6) is 3.67. The van der Waals surface area contributed by atoms with Crippen molar-refractivity contribution in [2.24, 2.45) is 0 Å². The molecule has 8 nitrogen and oxygen atoms in total. The SMILES string of the molecule is O=S(=O)(Nc1ccc(F)c(C#Cc2ccc3c(n2)N(c2ccncc2)NC3)c1F)c1cccnc1. The van der Waals surface area contributed by atoms with Gasteiger partial charge in [0.1, 0.15) is 16.4 Å². The molecule has 1 aliphatic heterocycles. The van der Waals surface area contributed by atoms with Crippen LogP contribution in [0.1, 0.15) is 16.8 Å². The van der Waals surface area contributed by atoms with Crippen LogP contribution in [0.3, 0.4) is 0 Å². The first-order chi connectivity index (χ1) is 16.9. The lowest BCUT2D eigenvalue weighted by molar-refractivity contribution is 0.578. The zero-order valence-electron chi connectivity index (χ0n) is 17.9. The van der Waals surface area contributed by atoms with Gasteiger partial charge in [-0.25, -0.2) is 27.6 Å². The number of halogens is 2. The Morgan fingerprint density at radius 2 is 1.80 bits per heavy atom. The molecule has 0 aliphatic carbocycles. The molecule has 2 N–H and O–H groups in total. The maximum Gasteiger partial charge on any atom is 0.263 e. The lowest BCUT2D eigenvalue weighted by Crippen LogP contribution is -2.27. The summed E-state index contributed by atoms with van der Waals surface area (Å²) in [5, 5.41) is 1.78. The van der Waals surface area contributed by atoms with Gasteiger partial charge in [-0.3, -0.25) is 19.7 Å². The summed E-state index contributed by atoms with van der Waals surface area (Å²) in [7, 11) is -4.12. The van der Waals surface area contributed by atoms with Crippen molar-refractivity contribution >= 4 is 27.2 Å². The molecule has 0 radical (unpaired) electrons. The Labute approximate surface area is 199 Å². The number of aromatic nitrogens is 3. The first-order valence-corrected chi connectivity index (χ1v) is 11.8. The molecule has 0 saturated carbocycles. The summed E-state index contributed by atoms with van der Waals surface area (Å²) in [6, 6.07) is 11.8. The molecule has 0 fully saturated rings. The second-order valence-electron chi connectivity index (χ2n) is 7.38. The number of fused-ring (bicyclic) bond motifs is 1. The van der Waals surface area contributed by atoms with Crippen molar-refractivity contribution in [3.63, 3.8) is 0 Å². The lowest BCUT2D eigenvalue weighted by atomic mass is 10.1. The number of hydrogen-bond acceptors (Lipinski definition) is 7. The molecule has 0 saturated heterocycles. The van der Waals surface area contributed by atoms with E-state index in [2.05, 4.69) is 36.9 Å². The first kappa shape index (κ1) is 22.4. The summed E-state index contributed by atoms with van der Waals surface area (Å²) in [5.41, 5.74) is 4.22. The van der Waals surface area contributed by atoms with Gasteiger partial charge >= 0.3 is 0 Å². The Balaban J connectivity index is 1.46. The van der Waals surface area contributed by atoms with Gasteiger partial charge < -0.3 is 0 Å². The van der Waals surface area contributed by atoms with Crippen molar-refractivity contribution in [1.29, 1.82) is 0 Å². The van der Waals surface area contributed by atoms with Gasteiger partial charge in [-0.1, -0.05) is 12.0 Å². The maximum absolute atomic E-state index is 15.1. The maximum atomic E-state index is 15.1. The molecular weight excluding hydrogens is 474 g/mol. The van der Waals surface area contributed by atoms with E-state index in [1.165, 1.54) is 18.3 Å². The number of sulfonamides is 1. The third-order valence-electron chi connectivity index (χ3n) is 5.11. The third kappa shape index (κ3) is 4.52. The Bertz CT molecular complexity index is 1570. The fourth-order valence-corrected chi connectivity index (χ4v) is 4.43. The number of pyridine rings is 3. The Kier molecular flexibility index (Phi) is 5.82. The molecule has 1 aliphatic rings. The second kappa shape index (κ2) is 9.09. The van der Waals surface area contributed by atoms with Crippen LogP contribution in [0.2, 0.25) is 0 Å². The zero-order valence-corrected chi connectivity index (χ0v) is 18.7. The smallest absolute Gasteiger partial charge is 0.263 e. The highest BCUT2D eigenvalue weighted by atomic mass is 32.2. The molecule has 35 heavy (non-hydrogen) atoms. The standard InChI is InChI=1S/C24H16F2N6O2S/c25-21-7-8-22(31-35(33,34)19-2-1-11-28-15-19)23(26)20(21)6-5-17-4-3-16-14-29-32(24(16)30-17)18-9-12-27-13-10-18/h1-4,7-13,15,29,31H,14H2. The summed E-state index contributed by atoms with van der Waals surface area (Å²) in [6.07, 6.45) is 5.83. The fourth-order valence-electron chi connectivity index (χ4n) is 3.41. The Morgan fingerprint density at radius 3 is 2.57 bits per heavy atom. The molecular formula is C24H16F2N6O2S. The van der Waals surface area contributed by atoms with E-state index in [1.807, 2.05) is 18.2 Å². The fraction of sp³-hybridized carbons (Fsp3) is 0.0417. The van der Waals surface area contributed by atoms with Crippen LogP contribution < -0.4 is 15.2 Å². The molecule has 174 valence electrons. The van der Waals surface area contributed by atoms with E-state index >= 15 is 4.39 Å². The average Bonchev–Trinajstić information content (AvgIpc) is 3.30. The molecule has 11 heteroatoms. The number of nitrogens with one attached hydrogen (secondary N) is 2. The lowest BCUT2D eigenvalue weighted by Gasteiger charge is -2.17. The highest BCUT2D eigenvalue weighted by molar-refractivity contribution is 7.92. The van der Waals surface area contributed by atoms with Gasteiger partial charge in [0.2, 0.25) is 0 Å². The molecule has 0 spiro atoms. The minimum absolute atomic E-state index is 0.161. The van der Waals surface area contributed by atoms with Crippen molar-refractivity contribution in [3.8, 4) is 11.8 Å².